The molecule has 9 aromatic rings. The maximum Gasteiger partial charge on any atom is 0.145 e. The number of para-hydroxylation sites is 3. The van der Waals surface area contributed by atoms with Crippen LogP contribution in [0.2, 0.25) is 0 Å². The smallest absolute Gasteiger partial charge is 0.145 e. The van der Waals surface area contributed by atoms with E-state index in [-0.39, 0.29) is 11.2 Å². The number of rotatable bonds is 4. The number of aromatic nitrogens is 1. The molecule has 3 nitrogen and oxygen atoms in total. The topological polar surface area (TPSA) is 21.3 Å². The van der Waals surface area contributed by atoms with Crippen LogP contribution in [-0.2, 0) is 5.41 Å². The molecule has 1 aliphatic carbocycles. The minimum Gasteiger partial charge on any atom is -0.455 e. The van der Waals surface area contributed by atoms with E-state index in [0.29, 0.717) is 0 Å². The van der Waals surface area contributed by atoms with Crippen LogP contribution in [0.5, 0.6) is 0 Å². The van der Waals surface area contributed by atoms with Crippen molar-refractivity contribution in [1.29, 1.82) is 0 Å². The predicted octanol–water partition coefficient (Wildman–Crippen LogP) is 12.6. The standard InChI is InChI=1S/C45H31FN2O/c1-45(2)36-17-9-6-15-34(36)42-37(45)27-40(43-35-16-8-11-19-41(35)49-44(42)43)47(30-22-20-28(46)21-23-30)31-24-25-33-32-14-7-10-18-38(32)48(39(33)26-31)29-12-4-3-5-13-29/h3-27H,1-2H3. The Kier molecular flexibility index (Phi) is 5.81. The van der Waals surface area contributed by atoms with Crippen LogP contribution >= 0.6 is 0 Å². The van der Waals surface area contributed by atoms with E-state index >= 15 is 0 Å². The maximum absolute atomic E-state index is 14.5. The quantitative estimate of drug-likeness (QED) is 0.192. The molecule has 0 atom stereocenters. The minimum atomic E-state index is -0.271. The predicted molar refractivity (Wildman–Crippen MR) is 200 cm³/mol. The Bertz CT molecular complexity index is 2750. The molecule has 0 spiro atoms. The molecule has 0 fully saturated rings. The first kappa shape index (κ1) is 27.9. The second-order valence-electron chi connectivity index (χ2n) is 13.5. The van der Waals surface area contributed by atoms with Crippen LogP contribution < -0.4 is 4.90 Å². The second-order valence-corrected chi connectivity index (χ2v) is 13.5. The number of hydrogen-bond donors (Lipinski definition) is 0. The Morgan fingerprint density at radius 1 is 0.592 bits per heavy atom. The number of fused-ring (bicyclic) bond motifs is 10. The molecule has 0 amide bonds. The van der Waals surface area contributed by atoms with Gasteiger partial charge in [0, 0.05) is 44.2 Å². The number of hydrogen-bond acceptors (Lipinski definition) is 2. The zero-order valence-electron chi connectivity index (χ0n) is 27.1. The average molecular weight is 635 g/mol. The molecule has 0 radical (unpaired) electrons. The number of nitrogens with zero attached hydrogens (tertiary/aromatic N) is 2. The summed E-state index contributed by atoms with van der Waals surface area (Å²) in [5.41, 5.74) is 12.5. The second kappa shape index (κ2) is 10.2. The zero-order chi connectivity index (χ0) is 32.9. The van der Waals surface area contributed by atoms with Gasteiger partial charge in [-0.05, 0) is 83.4 Å². The highest BCUT2D eigenvalue weighted by Crippen LogP contribution is 2.56. The average Bonchev–Trinajstić information content (AvgIpc) is 3.75. The number of halogens is 1. The van der Waals surface area contributed by atoms with E-state index in [1.54, 1.807) is 12.1 Å². The molecule has 1 aliphatic rings. The van der Waals surface area contributed by atoms with Gasteiger partial charge in [-0.3, -0.25) is 0 Å². The van der Waals surface area contributed by atoms with E-state index < -0.39 is 0 Å². The third kappa shape index (κ3) is 3.95. The van der Waals surface area contributed by atoms with Gasteiger partial charge in [0.15, 0.2) is 0 Å². The summed E-state index contributed by atoms with van der Waals surface area (Å²) >= 11 is 0. The fourth-order valence-corrected chi connectivity index (χ4v) is 8.18. The van der Waals surface area contributed by atoms with Gasteiger partial charge in [-0.2, -0.15) is 0 Å². The molecule has 234 valence electrons. The first-order chi connectivity index (χ1) is 24.0. The van der Waals surface area contributed by atoms with E-state index in [4.69, 9.17) is 4.42 Å². The molecule has 0 saturated heterocycles. The number of benzene rings is 7. The molecular formula is C45H31FN2O. The molecule has 4 heteroatoms. The van der Waals surface area contributed by atoms with Gasteiger partial charge in [-0.25, -0.2) is 4.39 Å². The van der Waals surface area contributed by atoms with Crippen molar-refractivity contribution in [3.05, 3.63) is 169 Å². The lowest BCUT2D eigenvalue weighted by Gasteiger charge is -2.29. The van der Waals surface area contributed by atoms with Gasteiger partial charge in [-0.1, -0.05) is 98.8 Å². The molecule has 49 heavy (non-hydrogen) atoms. The summed E-state index contributed by atoms with van der Waals surface area (Å²) in [5, 5.41) is 4.45. The minimum absolute atomic E-state index is 0.258. The summed E-state index contributed by atoms with van der Waals surface area (Å²) in [6.07, 6.45) is 0. The summed E-state index contributed by atoms with van der Waals surface area (Å²) in [6.45, 7) is 4.59. The Morgan fingerprint density at radius 2 is 1.27 bits per heavy atom. The molecule has 0 aliphatic heterocycles. The highest BCUT2D eigenvalue weighted by molar-refractivity contribution is 6.19. The van der Waals surface area contributed by atoms with Crippen LogP contribution in [0.25, 0.3) is 60.6 Å². The molecule has 0 N–H and O–H groups in total. The van der Waals surface area contributed by atoms with E-state index in [2.05, 4.69) is 133 Å². The lowest BCUT2D eigenvalue weighted by atomic mass is 9.82. The molecule has 0 unspecified atom stereocenters. The largest absolute Gasteiger partial charge is 0.455 e. The van der Waals surface area contributed by atoms with Crippen molar-refractivity contribution in [3.63, 3.8) is 0 Å². The van der Waals surface area contributed by atoms with Gasteiger partial charge in [0.2, 0.25) is 0 Å². The third-order valence-electron chi connectivity index (χ3n) is 10.4. The molecular weight excluding hydrogens is 604 g/mol. The Morgan fingerprint density at radius 3 is 2.10 bits per heavy atom. The van der Waals surface area contributed by atoms with Crippen LogP contribution in [0.15, 0.2) is 156 Å². The lowest BCUT2D eigenvalue weighted by Crippen LogP contribution is -2.17. The van der Waals surface area contributed by atoms with Crippen LogP contribution in [0.3, 0.4) is 0 Å². The summed E-state index contributed by atoms with van der Waals surface area (Å²) in [7, 11) is 0. The van der Waals surface area contributed by atoms with E-state index in [0.717, 1.165) is 61.3 Å². The van der Waals surface area contributed by atoms with Crippen molar-refractivity contribution in [2.45, 2.75) is 19.3 Å². The van der Waals surface area contributed by atoms with Gasteiger partial charge < -0.3 is 13.9 Å². The fraction of sp³-hybridized carbons (Fsp3) is 0.0667. The van der Waals surface area contributed by atoms with Gasteiger partial charge >= 0.3 is 0 Å². The van der Waals surface area contributed by atoms with Crippen molar-refractivity contribution in [2.75, 3.05) is 4.90 Å². The molecule has 10 rings (SSSR count). The lowest BCUT2D eigenvalue weighted by molar-refractivity contribution is 0.628. The van der Waals surface area contributed by atoms with Crippen molar-refractivity contribution in [1.82, 2.24) is 4.57 Å². The van der Waals surface area contributed by atoms with Crippen molar-refractivity contribution < 1.29 is 8.81 Å². The van der Waals surface area contributed by atoms with Gasteiger partial charge in [0.25, 0.3) is 0 Å². The van der Waals surface area contributed by atoms with E-state index in [9.17, 15) is 4.39 Å². The van der Waals surface area contributed by atoms with Gasteiger partial charge in [-0.15, -0.1) is 0 Å². The summed E-state index contributed by atoms with van der Waals surface area (Å²) in [4.78, 5) is 2.27. The maximum atomic E-state index is 14.5. The SMILES string of the molecule is CC1(C)c2ccccc2-c2c1cc(N(c1ccc(F)cc1)c1ccc3c4ccccc4n(-c4ccccc4)c3c1)c1c2oc2ccccc21. The van der Waals surface area contributed by atoms with Crippen molar-refractivity contribution in [3.8, 4) is 16.8 Å². The summed E-state index contributed by atoms with van der Waals surface area (Å²) < 4.78 is 23.7. The molecule has 2 heterocycles. The van der Waals surface area contributed by atoms with Gasteiger partial charge in [0.1, 0.15) is 17.0 Å². The summed E-state index contributed by atoms with van der Waals surface area (Å²) in [5.74, 6) is -0.271. The molecule has 0 bridgehead atoms. The normalized spacial score (nSPS) is 13.4. The first-order valence-corrected chi connectivity index (χ1v) is 16.7. The first-order valence-electron chi connectivity index (χ1n) is 16.7. The van der Waals surface area contributed by atoms with Crippen LogP contribution in [0.1, 0.15) is 25.0 Å². The van der Waals surface area contributed by atoms with E-state index in [1.165, 1.54) is 27.5 Å². The van der Waals surface area contributed by atoms with Crippen LogP contribution in [-0.4, -0.2) is 4.57 Å². The highest BCUT2D eigenvalue weighted by atomic mass is 19.1. The third-order valence-corrected chi connectivity index (χ3v) is 10.4. The van der Waals surface area contributed by atoms with Crippen LogP contribution in [0, 0.1) is 5.82 Å². The van der Waals surface area contributed by atoms with Crippen LogP contribution in [0.4, 0.5) is 21.5 Å². The van der Waals surface area contributed by atoms with E-state index in [1.807, 2.05) is 30.3 Å². The van der Waals surface area contributed by atoms with Crippen molar-refractivity contribution >= 4 is 60.8 Å². The molecule has 0 saturated carbocycles. The highest BCUT2D eigenvalue weighted by Gasteiger charge is 2.39. The zero-order valence-corrected chi connectivity index (χ0v) is 27.1. The summed E-state index contributed by atoms with van der Waals surface area (Å²) in [6, 6.07) is 51.9. The van der Waals surface area contributed by atoms with Gasteiger partial charge in [0.05, 0.1) is 22.1 Å². The monoisotopic (exact) mass is 634 g/mol. The molecule has 2 aromatic heterocycles. The molecule has 7 aromatic carbocycles. The fourth-order valence-electron chi connectivity index (χ4n) is 8.18. The number of anilines is 3. The number of furan rings is 1. The Balaban J connectivity index is 1.33. The Hall–Kier alpha value is -6.13. The Labute approximate surface area is 283 Å². The van der Waals surface area contributed by atoms with Crippen molar-refractivity contribution in [2.24, 2.45) is 0 Å².